The molecule has 1 aliphatic carbocycles. The van der Waals surface area contributed by atoms with Crippen LogP contribution in [-0.4, -0.2) is 70.2 Å². The number of thiocarbonyl (C=S) groups is 1. The predicted molar refractivity (Wildman–Crippen MR) is 107 cm³/mol. The molecule has 0 atom stereocenters. The van der Waals surface area contributed by atoms with Crippen molar-refractivity contribution in [3.63, 3.8) is 0 Å². The fourth-order valence-electron chi connectivity index (χ4n) is 2.17. The fourth-order valence-corrected chi connectivity index (χ4v) is 5.73. The highest BCUT2D eigenvalue weighted by Gasteiger charge is 2.32. The van der Waals surface area contributed by atoms with Gasteiger partial charge >= 0.3 is 18.1 Å². The minimum atomic E-state index is -4.58. The van der Waals surface area contributed by atoms with E-state index in [-0.39, 0.29) is 29.3 Å². The summed E-state index contributed by atoms with van der Waals surface area (Å²) in [6.07, 6.45) is 3.40. The van der Waals surface area contributed by atoms with Gasteiger partial charge in [-0.3, -0.25) is 4.90 Å². The van der Waals surface area contributed by atoms with Crippen molar-refractivity contribution in [3.8, 4) is 12.0 Å². The van der Waals surface area contributed by atoms with Crippen molar-refractivity contribution >= 4 is 48.9 Å². The van der Waals surface area contributed by atoms with Crippen LogP contribution in [0.15, 0.2) is 22.0 Å². The third-order valence-electron chi connectivity index (χ3n) is 3.48. The Morgan fingerprint density at radius 3 is 2.17 bits per heavy atom. The summed E-state index contributed by atoms with van der Waals surface area (Å²) in [5, 5.41) is 0. The van der Waals surface area contributed by atoms with Crippen molar-refractivity contribution in [3.05, 3.63) is 22.0 Å². The summed E-state index contributed by atoms with van der Waals surface area (Å²) in [6, 6.07) is -1.50. The van der Waals surface area contributed by atoms with Gasteiger partial charge in [-0.25, -0.2) is 26.4 Å². The number of rotatable bonds is 6. The fraction of sp³-hybridized carbons (Fsp3) is 0.357. The second-order valence-corrected chi connectivity index (χ2v) is 9.67. The van der Waals surface area contributed by atoms with Gasteiger partial charge in [-0.1, -0.05) is 18.3 Å². The summed E-state index contributed by atoms with van der Waals surface area (Å²) in [5.74, 6) is -0.270. The van der Waals surface area contributed by atoms with E-state index in [1.54, 1.807) is 4.72 Å². The SMILES string of the molecule is COc1nc(OC)nc(N(C)C(=O)NS(=O)(=O)C2=C(S(C)(=O)=O)C(=S)CC=C2)n1. The zero-order valence-corrected chi connectivity index (χ0v) is 18.2. The van der Waals surface area contributed by atoms with Crippen LogP contribution in [0.2, 0.25) is 0 Å². The van der Waals surface area contributed by atoms with E-state index in [1.165, 1.54) is 27.3 Å². The van der Waals surface area contributed by atoms with Gasteiger partial charge in [-0.05, 0) is 6.08 Å². The number of hydrogen-bond donors (Lipinski definition) is 1. The molecule has 2 rings (SSSR count). The van der Waals surface area contributed by atoms with E-state index in [9.17, 15) is 21.6 Å². The Balaban J connectivity index is 2.41. The van der Waals surface area contributed by atoms with Crippen LogP contribution < -0.4 is 19.1 Å². The van der Waals surface area contributed by atoms with Gasteiger partial charge in [0.1, 0.15) is 9.81 Å². The molecule has 0 bridgehead atoms. The summed E-state index contributed by atoms with van der Waals surface area (Å²) in [6.45, 7) is 0. The number of carbonyl (C=O) groups excluding carboxylic acids is 1. The smallest absolute Gasteiger partial charge is 0.337 e. The standard InChI is InChI=1S/C14H17N5O7S3/c1-19(11-15-12(25-2)17-13(16-11)26-3)14(20)18-29(23,24)9-7-5-6-8(27)10(9)28(4,21)22/h5,7H,6H2,1-4H3,(H,18,20). The van der Waals surface area contributed by atoms with E-state index < -0.39 is 35.7 Å². The summed E-state index contributed by atoms with van der Waals surface area (Å²) < 4.78 is 60.9. The molecule has 0 aromatic carbocycles. The lowest BCUT2D eigenvalue weighted by molar-refractivity contribution is 0.251. The molecule has 1 heterocycles. The van der Waals surface area contributed by atoms with Crippen molar-refractivity contribution in [2.45, 2.75) is 6.42 Å². The van der Waals surface area contributed by atoms with Gasteiger partial charge in [0, 0.05) is 24.6 Å². The lowest BCUT2D eigenvalue weighted by Gasteiger charge is -2.19. The average Bonchev–Trinajstić information content (AvgIpc) is 2.65. The maximum Gasteiger partial charge on any atom is 0.337 e. The molecule has 0 radical (unpaired) electrons. The third kappa shape index (κ3) is 5.04. The summed E-state index contributed by atoms with van der Waals surface area (Å²) in [5.41, 5.74) is 0. The second-order valence-electron chi connectivity index (χ2n) is 5.57. The normalized spacial score (nSPS) is 14.6. The van der Waals surface area contributed by atoms with Crippen molar-refractivity contribution in [2.75, 3.05) is 32.4 Å². The van der Waals surface area contributed by atoms with Crippen LogP contribution in [0, 0.1) is 0 Å². The Kier molecular flexibility index (Phi) is 6.54. The number of carbonyl (C=O) groups is 1. The summed E-state index contributed by atoms with van der Waals surface area (Å²) >= 11 is 4.99. The molecule has 0 aliphatic heterocycles. The molecule has 1 aliphatic rings. The number of amides is 2. The zero-order chi connectivity index (χ0) is 22.0. The minimum Gasteiger partial charge on any atom is -0.467 e. The molecule has 0 unspecified atom stereocenters. The molecule has 1 aromatic heterocycles. The molecule has 0 fully saturated rings. The summed E-state index contributed by atoms with van der Waals surface area (Å²) in [4.78, 5) is 23.4. The van der Waals surface area contributed by atoms with Crippen LogP contribution in [0.5, 0.6) is 12.0 Å². The minimum absolute atomic E-state index is 0.0666. The quantitative estimate of drug-likeness (QED) is 0.564. The topological polar surface area (TPSA) is 158 Å². The predicted octanol–water partition coefficient (Wildman–Crippen LogP) is -0.0496. The number of nitrogens with zero attached hydrogens (tertiary/aromatic N) is 4. The van der Waals surface area contributed by atoms with E-state index in [1.807, 2.05) is 0 Å². The van der Waals surface area contributed by atoms with Crippen molar-refractivity contribution in [2.24, 2.45) is 0 Å². The number of methoxy groups -OCH3 is 2. The molecule has 15 heteroatoms. The van der Waals surface area contributed by atoms with Gasteiger partial charge in [0.25, 0.3) is 10.0 Å². The van der Waals surface area contributed by atoms with Crippen molar-refractivity contribution in [1.29, 1.82) is 0 Å². The first-order valence-corrected chi connectivity index (χ1v) is 11.5. The highest BCUT2D eigenvalue weighted by molar-refractivity contribution is 8.00. The van der Waals surface area contributed by atoms with Crippen LogP contribution in [0.25, 0.3) is 0 Å². The maximum absolute atomic E-state index is 12.7. The van der Waals surface area contributed by atoms with Crippen LogP contribution >= 0.6 is 12.2 Å². The Bertz CT molecular complexity index is 1100. The largest absolute Gasteiger partial charge is 0.467 e. The number of hydrogen-bond acceptors (Lipinski definition) is 11. The van der Waals surface area contributed by atoms with Crippen molar-refractivity contribution < 1.29 is 31.1 Å². The lowest BCUT2D eigenvalue weighted by atomic mass is 10.2. The molecular formula is C14H17N5O7S3. The molecule has 2 amide bonds. The number of sulfonamides is 1. The number of allylic oxidation sites excluding steroid dienone is 3. The monoisotopic (exact) mass is 463 g/mol. The molecule has 0 spiro atoms. The first-order valence-electron chi connectivity index (χ1n) is 7.69. The molecule has 0 saturated carbocycles. The highest BCUT2D eigenvalue weighted by Crippen LogP contribution is 2.26. The maximum atomic E-state index is 12.7. The molecule has 0 saturated heterocycles. The zero-order valence-electron chi connectivity index (χ0n) is 15.7. The Morgan fingerprint density at radius 2 is 1.69 bits per heavy atom. The Hall–Kier alpha value is -2.65. The lowest BCUT2D eigenvalue weighted by Crippen LogP contribution is -2.42. The molecular weight excluding hydrogens is 446 g/mol. The van der Waals surface area contributed by atoms with Gasteiger partial charge in [0.05, 0.1) is 14.2 Å². The van der Waals surface area contributed by atoms with Crippen LogP contribution in [-0.2, 0) is 19.9 Å². The van der Waals surface area contributed by atoms with Gasteiger partial charge in [0.15, 0.2) is 9.84 Å². The van der Waals surface area contributed by atoms with E-state index >= 15 is 0 Å². The van der Waals surface area contributed by atoms with E-state index in [2.05, 4.69) is 15.0 Å². The first-order chi connectivity index (χ1) is 13.4. The number of ether oxygens (including phenoxy) is 2. The van der Waals surface area contributed by atoms with Gasteiger partial charge in [-0.15, -0.1) is 4.98 Å². The van der Waals surface area contributed by atoms with Crippen LogP contribution in [0.1, 0.15) is 6.42 Å². The number of nitrogens with one attached hydrogen (secondary N) is 1. The third-order valence-corrected chi connectivity index (χ3v) is 6.68. The Labute approximate surface area is 172 Å². The number of aromatic nitrogens is 3. The van der Waals surface area contributed by atoms with Crippen LogP contribution in [0.4, 0.5) is 10.7 Å². The molecule has 1 aromatic rings. The number of anilines is 1. The van der Waals surface area contributed by atoms with Gasteiger partial charge in [0.2, 0.25) is 5.95 Å². The van der Waals surface area contributed by atoms with Gasteiger partial charge in [-0.2, -0.15) is 9.97 Å². The van der Waals surface area contributed by atoms with Crippen molar-refractivity contribution in [1.82, 2.24) is 19.7 Å². The first kappa shape index (κ1) is 22.6. The van der Waals surface area contributed by atoms with Gasteiger partial charge < -0.3 is 9.47 Å². The molecule has 12 nitrogen and oxygen atoms in total. The average molecular weight is 464 g/mol. The van der Waals surface area contributed by atoms with E-state index in [0.29, 0.717) is 0 Å². The molecule has 29 heavy (non-hydrogen) atoms. The van der Waals surface area contributed by atoms with E-state index in [0.717, 1.165) is 17.2 Å². The summed E-state index contributed by atoms with van der Waals surface area (Å²) in [7, 11) is -4.79. The van der Waals surface area contributed by atoms with E-state index in [4.69, 9.17) is 21.7 Å². The molecule has 158 valence electrons. The Morgan fingerprint density at radius 1 is 1.14 bits per heavy atom. The number of sulfone groups is 1. The highest BCUT2D eigenvalue weighted by atomic mass is 32.2. The van der Waals surface area contributed by atoms with Crippen LogP contribution in [0.3, 0.4) is 0 Å². The molecule has 1 N–H and O–H groups in total. The number of urea groups is 1. The second kappa shape index (κ2) is 8.38.